The van der Waals surface area contributed by atoms with Crippen LogP contribution in [0, 0.1) is 13.8 Å². The van der Waals surface area contributed by atoms with Crippen LogP contribution in [0.4, 0.5) is 5.88 Å². The molecule has 0 saturated heterocycles. The Balaban J connectivity index is 1.49. The fraction of sp³-hybridized carbons (Fsp3) is 0.469. The van der Waals surface area contributed by atoms with Gasteiger partial charge in [0.2, 0.25) is 5.88 Å². The molecule has 1 saturated carbocycles. The van der Waals surface area contributed by atoms with Crippen molar-refractivity contribution in [3.63, 3.8) is 0 Å². The lowest BCUT2D eigenvalue weighted by Gasteiger charge is -2.24. The second kappa shape index (κ2) is 11.9. The Kier molecular flexibility index (Phi) is 8.46. The van der Waals surface area contributed by atoms with E-state index in [2.05, 4.69) is 12.1 Å². The van der Waals surface area contributed by atoms with Crippen LogP contribution in [0.5, 0.6) is 5.75 Å². The van der Waals surface area contributed by atoms with Gasteiger partial charge in [-0.05, 0) is 57.7 Å². The smallest absolute Gasteiger partial charge is 0.267 e. The molecule has 1 aliphatic heterocycles. The number of sulfonamides is 1. The number of amidine groups is 1. The van der Waals surface area contributed by atoms with Crippen LogP contribution in [0.1, 0.15) is 75.6 Å². The summed E-state index contributed by atoms with van der Waals surface area (Å²) in [5.74, 6) is 1.71. The Morgan fingerprint density at radius 1 is 1.07 bits per heavy atom. The van der Waals surface area contributed by atoms with Crippen LogP contribution >= 0.6 is 0 Å². The average molecular weight is 593 g/mol. The second-order valence-electron chi connectivity index (χ2n) is 11.2. The molecule has 2 aromatic carbocycles. The summed E-state index contributed by atoms with van der Waals surface area (Å²) < 4.78 is 40.6. The molecule has 0 radical (unpaired) electrons. The van der Waals surface area contributed by atoms with E-state index in [1.54, 1.807) is 46.1 Å². The number of hydrogen-bond acceptors (Lipinski definition) is 7. The van der Waals surface area contributed by atoms with Crippen molar-refractivity contribution in [2.24, 2.45) is 4.99 Å². The number of aliphatic imine (C=N–C) groups is 1. The Hall–Kier alpha value is -3.66. The summed E-state index contributed by atoms with van der Waals surface area (Å²) in [5.41, 5.74) is 2.78. The van der Waals surface area contributed by atoms with Crippen LogP contribution in [-0.2, 0) is 21.4 Å². The maximum atomic E-state index is 14.0. The molecule has 0 unspecified atom stereocenters. The van der Waals surface area contributed by atoms with E-state index >= 15 is 0 Å². The zero-order chi connectivity index (χ0) is 30.1. The summed E-state index contributed by atoms with van der Waals surface area (Å²) in [6.07, 6.45) is 6.47. The number of unbranched alkanes of at least 4 members (excludes halogenated alkanes) is 1. The lowest BCUT2D eigenvalue weighted by Crippen LogP contribution is -2.40. The normalized spacial score (nSPS) is 16.4. The van der Waals surface area contributed by atoms with Crippen LogP contribution in [0.3, 0.4) is 0 Å². The second-order valence-corrected chi connectivity index (χ2v) is 13.0. The number of rotatable bonds is 11. The standard InChI is InChI=1S/C32H40N4O5S/c1-6-8-15-29-33-32(18-11-12-19-32)31(37)35(29)21-24-16-17-25(27(20-24)40-5)26-13-9-10-14-28(26)42(38,39)36(7-2)30-22(3)23(4)34-41-30/h9-10,13-14,16-17,20H,6-8,11-12,15,18-19,21H2,1-5H3. The van der Waals surface area contributed by atoms with Crippen molar-refractivity contribution in [1.82, 2.24) is 10.1 Å². The van der Waals surface area contributed by atoms with Crippen molar-refractivity contribution in [2.45, 2.75) is 89.6 Å². The molecule has 1 amide bonds. The number of hydrogen-bond donors (Lipinski definition) is 0. The van der Waals surface area contributed by atoms with Gasteiger partial charge in [0.25, 0.3) is 15.9 Å². The lowest BCUT2D eigenvalue weighted by molar-refractivity contribution is -0.131. The van der Waals surface area contributed by atoms with Crippen molar-refractivity contribution in [3.05, 3.63) is 59.3 Å². The first-order chi connectivity index (χ1) is 20.2. The summed E-state index contributed by atoms with van der Waals surface area (Å²) in [6.45, 7) is 8.06. The molecule has 2 heterocycles. The molecule has 224 valence electrons. The van der Waals surface area contributed by atoms with Gasteiger partial charge in [0.15, 0.2) is 0 Å². The van der Waals surface area contributed by atoms with Gasteiger partial charge in [0, 0.05) is 29.7 Å². The molecule has 2 aliphatic rings. The number of ether oxygens (including phenoxy) is 1. The highest BCUT2D eigenvalue weighted by molar-refractivity contribution is 7.93. The first-order valence-corrected chi connectivity index (χ1v) is 16.2. The van der Waals surface area contributed by atoms with E-state index in [4.69, 9.17) is 14.3 Å². The molecule has 3 aromatic rings. The number of amides is 1. The maximum Gasteiger partial charge on any atom is 0.267 e. The fourth-order valence-corrected chi connectivity index (χ4v) is 7.70. The Bertz CT molecular complexity index is 1600. The zero-order valence-corrected chi connectivity index (χ0v) is 26.0. The third kappa shape index (κ3) is 5.21. The molecule has 1 fully saturated rings. The van der Waals surface area contributed by atoms with Gasteiger partial charge in [0.05, 0.1) is 24.2 Å². The summed E-state index contributed by atoms with van der Waals surface area (Å²) in [4.78, 5) is 20.6. The van der Waals surface area contributed by atoms with Gasteiger partial charge in [-0.15, -0.1) is 0 Å². The predicted molar refractivity (Wildman–Crippen MR) is 163 cm³/mol. The van der Waals surface area contributed by atoms with E-state index in [0.717, 1.165) is 56.3 Å². The predicted octanol–water partition coefficient (Wildman–Crippen LogP) is 6.43. The van der Waals surface area contributed by atoms with Crippen molar-refractivity contribution >= 4 is 27.7 Å². The number of anilines is 1. The topological polar surface area (TPSA) is 105 Å². The molecule has 42 heavy (non-hydrogen) atoms. The molecule has 5 rings (SSSR count). The van der Waals surface area contributed by atoms with Gasteiger partial charge < -0.3 is 9.26 Å². The highest BCUT2D eigenvalue weighted by Crippen LogP contribution is 2.41. The van der Waals surface area contributed by atoms with E-state index in [-0.39, 0.29) is 23.2 Å². The molecule has 10 heteroatoms. The first-order valence-electron chi connectivity index (χ1n) is 14.8. The Labute approximate surface area is 248 Å². The first kappa shape index (κ1) is 29.8. The van der Waals surface area contributed by atoms with Gasteiger partial charge in [0.1, 0.15) is 17.1 Å². The van der Waals surface area contributed by atoms with Crippen LogP contribution in [-0.4, -0.2) is 49.4 Å². The molecule has 0 atom stereocenters. The number of nitrogens with zero attached hydrogens (tertiary/aromatic N) is 4. The van der Waals surface area contributed by atoms with Crippen molar-refractivity contribution in [2.75, 3.05) is 18.0 Å². The molecule has 0 N–H and O–H groups in total. The number of methoxy groups -OCH3 is 1. The molecule has 1 aromatic heterocycles. The molecule has 9 nitrogen and oxygen atoms in total. The lowest BCUT2D eigenvalue weighted by atomic mass is 9.98. The molecule has 0 bridgehead atoms. The van der Waals surface area contributed by atoms with E-state index in [1.165, 1.54) is 4.31 Å². The van der Waals surface area contributed by atoms with Crippen molar-refractivity contribution < 1.29 is 22.5 Å². The maximum absolute atomic E-state index is 14.0. The number of aromatic nitrogens is 1. The minimum atomic E-state index is -4.01. The largest absolute Gasteiger partial charge is 0.496 e. The zero-order valence-electron chi connectivity index (χ0n) is 25.1. The third-order valence-corrected chi connectivity index (χ3v) is 10.4. The van der Waals surface area contributed by atoms with Gasteiger partial charge in [-0.25, -0.2) is 12.7 Å². The van der Waals surface area contributed by atoms with Crippen LogP contribution in [0.25, 0.3) is 11.1 Å². The Morgan fingerprint density at radius 2 is 1.81 bits per heavy atom. The summed E-state index contributed by atoms with van der Waals surface area (Å²) in [7, 11) is -2.44. The van der Waals surface area contributed by atoms with Gasteiger partial charge in [-0.1, -0.05) is 61.7 Å². The third-order valence-electron chi connectivity index (χ3n) is 8.48. The quantitative estimate of drug-likeness (QED) is 0.254. The van der Waals surface area contributed by atoms with E-state index < -0.39 is 15.6 Å². The molecular weight excluding hydrogens is 552 g/mol. The number of benzene rings is 2. The van der Waals surface area contributed by atoms with Crippen LogP contribution < -0.4 is 9.04 Å². The minimum absolute atomic E-state index is 0.100. The summed E-state index contributed by atoms with van der Waals surface area (Å²) >= 11 is 0. The average Bonchev–Trinajstić information content (AvgIpc) is 3.67. The van der Waals surface area contributed by atoms with Gasteiger partial charge in [-0.3, -0.25) is 14.7 Å². The minimum Gasteiger partial charge on any atom is -0.496 e. The van der Waals surface area contributed by atoms with Gasteiger partial charge in [-0.2, -0.15) is 0 Å². The highest BCUT2D eigenvalue weighted by Gasteiger charge is 2.49. The highest BCUT2D eigenvalue weighted by atomic mass is 32.2. The van der Waals surface area contributed by atoms with E-state index in [1.807, 2.05) is 29.2 Å². The van der Waals surface area contributed by atoms with E-state index in [9.17, 15) is 13.2 Å². The monoisotopic (exact) mass is 592 g/mol. The molecule has 1 spiro atoms. The van der Waals surface area contributed by atoms with Crippen LogP contribution in [0.15, 0.2) is 56.9 Å². The van der Waals surface area contributed by atoms with Crippen molar-refractivity contribution in [1.29, 1.82) is 0 Å². The SMILES string of the molecule is CCCCC1=NC2(CCCC2)C(=O)N1Cc1ccc(-c2ccccc2S(=O)(=O)N(CC)c2onc(C)c2C)c(OC)c1. The summed E-state index contributed by atoms with van der Waals surface area (Å²) in [6, 6.07) is 12.6. The fourth-order valence-electron chi connectivity index (χ4n) is 6.03. The molecular formula is C32H40N4O5S. The number of carbonyl (C=O) groups excluding carboxylic acids is 1. The Morgan fingerprint density at radius 3 is 2.45 bits per heavy atom. The number of aryl methyl sites for hydroxylation is 1. The van der Waals surface area contributed by atoms with Crippen molar-refractivity contribution in [3.8, 4) is 16.9 Å². The van der Waals surface area contributed by atoms with Crippen LogP contribution in [0.2, 0.25) is 0 Å². The van der Waals surface area contributed by atoms with E-state index in [0.29, 0.717) is 34.7 Å². The van der Waals surface area contributed by atoms with Gasteiger partial charge >= 0.3 is 0 Å². The molecule has 1 aliphatic carbocycles. The number of carbonyl (C=O) groups is 1. The summed E-state index contributed by atoms with van der Waals surface area (Å²) in [5, 5.41) is 3.96.